The molecule has 10 nitrogen and oxygen atoms in total. The maximum atomic E-state index is 13.1. The van der Waals surface area contributed by atoms with E-state index in [1.807, 2.05) is 19.1 Å². The number of nitrogens with zero attached hydrogens (tertiary/aromatic N) is 4. The minimum atomic E-state index is -0.471. The Kier molecular flexibility index (Phi) is 8.64. The summed E-state index contributed by atoms with van der Waals surface area (Å²) in [6.45, 7) is 5.94. The molecule has 41 heavy (non-hydrogen) atoms. The molecule has 1 aromatic heterocycles. The van der Waals surface area contributed by atoms with E-state index in [0.29, 0.717) is 22.9 Å². The number of phenols is 1. The molecule has 0 aliphatic carbocycles. The Labute approximate surface area is 252 Å². The van der Waals surface area contributed by atoms with Crippen LogP contribution in [-0.4, -0.2) is 65.0 Å². The fourth-order valence-corrected chi connectivity index (χ4v) is 4.93. The van der Waals surface area contributed by atoms with Gasteiger partial charge in [0.2, 0.25) is 5.95 Å². The minimum Gasteiger partial charge on any atom is -0.507 e. The summed E-state index contributed by atoms with van der Waals surface area (Å²) in [5, 5.41) is 18.8. The number of nitrogens with one attached hydrogen (secondary N) is 3. The van der Waals surface area contributed by atoms with Crippen LogP contribution in [0.2, 0.25) is 0 Å². The quantitative estimate of drug-likeness (QED) is 0.202. The van der Waals surface area contributed by atoms with Crippen LogP contribution in [0.25, 0.3) is 0 Å². The van der Waals surface area contributed by atoms with Crippen molar-refractivity contribution in [3.63, 3.8) is 0 Å². The molecule has 3 aromatic carbocycles. The Morgan fingerprint density at radius 1 is 0.805 bits per heavy atom. The van der Waals surface area contributed by atoms with Crippen LogP contribution in [0.3, 0.4) is 0 Å². The van der Waals surface area contributed by atoms with Gasteiger partial charge in [-0.3, -0.25) is 9.59 Å². The Morgan fingerprint density at radius 2 is 1.44 bits per heavy atom. The summed E-state index contributed by atoms with van der Waals surface area (Å²) in [7, 11) is 2.14. The van der Waals surface area contributed by atoms with Gasteiger partial charge in [-0.25, -0.2) is 9.97 Å². The van der Waals surface area contributed by atoms with Crippen LogP contribution in [-0.2, 0) is 0 Å². The molecule has 0 radical (unpaired) electrons. The molecule has 2 amide bonds. The third-order valence-corrected chi connectivity index (χ3v) is 7.52. The number of amides is 2. The van der Waals surface area contributed by atoms with Gasteiger partial charge < -0.3 is 30.9 Å². The standard InChI is InChI=1S/C30H30IN7O3/c1-19-3-5-22(34-29(41)26-15-20(31)4-10-27(26)39)16-25(19)28(40)35-23-17-32-30(33-18-23)36-21-6-8-24(9-7-21)38-13-11-37(2)12-14-38/h3-10,15-18,39H,11-14H2,1-2H3,(H,34,41)(H,35,40)(H,32,33,36). The number of phenolic OH excluding ortho intramolecular Hbond substituents is 1. The van der Waals surface area contributed by atoms with Gasteiger partial charge in [-0.05, 0) is 96.7 Å². The number of benzene rings is 3. The molecule has 0 unspecified atom stereocenters. The average molecular weight is 664 g/mol. The van der Waals surface area contributed by atoms with Crippen LogP contribution in [0, 0.1) is 10.5 Å². The fraction of sp³-hybridized carbons (Fsp3) is 0.200. The first-order valence-electron chi connectivity index (χ1n) is 13.1. The lowest BCUT2D eigenvalue weighted by molar-refractivity contribution is 0.101. The third kappa shape index (κ3) is 7.11. The van der Waals surface area contributed by atoms with Crippen molar-refractivity contribution in [2.45, 2.75) is 6.92 Å². The van der Waals surface area contributed by atoms with Crippen molar-refractivity contribution >= 4 is 63.1 Å². The van der Waals surface area contributed by atoms with Crippen LogP contribution in [0.5, 0.6) is 5.75 Å². The van der Waals surface area contributed by atoms with Gasteiger partial charge in [-0.2, -0.15) is 0 Å². The van der Waals surface area contributed by atoms with Crippen molar-refractivity contribution in [1.82, 2.24) is 14.9 Å². The van der Waals surface area contributed by atoms with Crippen LogP contribution in [0.4, 0.5) is 28.7 Å². The molecule has 1 aliphatic heterocycles. The predicted molar refractivity (Wildman–Crippen MR) is 169 cm³/mol. The lowest BCUT2D eigenvalue weighted by Crippen LogP contribution is -2.44. The number of hydrogen-bond acceptors (Lipinski definition) is 8. The van der Waals surface area contributed by atoms with E-state index >= 15 is 0 Å². The fourth-order valence-electron chi connectivity index (χ4n) is 4.44. The molecular formula is C30H30IN7O3. The highest BCUT2D eigenvalue weighted by molar-refractivity contribution is 14.1. The van der Waals surface area contributed by atoms with Gasteiger partial charge in [-0.15, -0.1) is 0 Å². The van der Waals surface area contributed by atoms with E-state index in [2.05, 4.69) is 77.5 Å². The van der Waals surface area contributed by atoms with Gasteiger partial charge in [0.05, 0.1) is 23.6 Å². The predicted octanol–water partition coefficient (Wildman–Crippen LogP) is 5.10. The summed E-state index contributed by atoms with van der Waals surface area (Å²) < 4.78 is 0.817. The topological polar surface area (TPSA) is 123 Å². The number of hydrogen-bond donors (Lipinski definition) is 4. The Morgan fingerprint density at radius 3 is 2.15 bits per heavy atom. The summed E-state index contributed by atoms with van der Waals surface area (Å²) >= 11 is 2.07. The van der Waals surface area contributed by atoms with Crippen molar-refractivity contribution in [3.8, 4) is 5.75 Å². The lowest BCUT2D eigenvalue weighted by Gasteiger charge is -2.34. The molecule has 2 heterocycles. The number of rotatable bonds is 7. The van der Waals surface area contributed by atoms with Crippen LogP contribution in [0.15, 0.2) is 73.1 Å². The number of aryl methyl sites for hydroxylation is 1. The highest BCUT2D eigenvalue weighted by atomic mass is 127. The van der Waals surface area contributed by atoms with Crippen molar-refractivity contribution in [1.29, 1.82) is 0 Å². The highest BCUT2D eigenvalue weighted by Gasteiger charge is 2.16. The first-order valence-corrected chi connectivity index (χ1v) is 14.2. The van der Waals surface area contributed by atoms with E-state index in [4.69, 9.17) is 0 Å². The SMILES string of the molecule is Cc1ccc(NC(=O)c2cc(I)ccc2O)cc1C(=O)Nc1cnc(Nc2ccc(N3CCN(C)CC3)cc2)nc1. The van der Waals surface area contributed by atoms with Crippen LogP contribution in [0.1, 0.15) is 26.3 Å². The molecule has 0 atom stereocenters. The van der Waals surface area contributed by atoms with Crippen molar-refractivity contribution in [3.05, 3.63) is 93.3 Å². The maximum absolute atomic E-state index is 13.1. The summed E-state index contributed by atoms with van der Waals surface area (Å²) in [6.07, 6.45) is 3.07. The van der Waals surface area contributed by atoms with Crippen molar-refractivity contribution in [2.75, 3.05) is 54.1 Å². The Hall–Kier alpha value is -4.23. The van der Waals surface area contributed by atoms with E-state index in [1.165, 1.54) is 24.1 Å². The number of halogens is 1. The normalized spacial score (nSPS) is 13.5. The second-order valence-corrected chi connectivity index (χ2v) is 11.1. The smallest absolute Gasteiger partial charge is 0.259 e. The number of piperazine rings is 1. The molecule has 0 saturated carbocycles. The zero-order valence-corrected chi connectivity index (χ0v) is 24.8. The van der Waals surface area contributed by atoms with Gasteiger partial charge >= 0.3 is 0 Å². The first kappa shape index (κ1) is 28.3. The maximum Gasteiger partial charge on any atom is 0.259 e. The third-order valence-electron chi connectivity index (χ3n) is 6.84. The van der Waals surface area contributed by atoms with Gasteiger partial charge in [0, 0.05) is 52.4 Å². The van der Waals surface area contributed by atoms with Crippen molar-refractivity contribution in [2.24, 2.45) is 0 Å². The number of aromatic nitrogens is 2. The van der Waals surface area contributed by atoms with Crippen LogP contribution < -0.4 is 20.9 Å². The monoisotopic (exact) mass is 663 g/mol. The number of aromatic hydroxyl groups is 1. The zero-order valence-electron chi connectivity index (χ0n) is 22.7. The van der Waals surface area contributed by atoms with Gasteiger partial charge in [0.25, 0.3) is 11.8 Å². The minimum absolute atomic E-state index is 0.117. The molecule has 1 aliphatic rings. The molecule has 4 aromatic rings. The molecule has 0 bridgehead atoms. The van der Waals surface area contributed by atoms with Gasteiger partial charge in [-0.1, -0.05) is 6.07 Å². The van der Waals surface area contributed by atoms with E-state index in [1.54, 1.807) is 30.3 Å². The largest absolute Gasteiger partial charge is 0.507 e. The summed E-state index contributed by atoms with van der Waals surface area (Å²) in [5.74, 6) is -0.537. The molecule has 11 heteroatoms. The summed E-state index contributed by atoms with van der Waals surface area (Å²) in [5.41, 5.74) is 4.19. The molecule has 1 fully saturated rings. The molecule has 0 spiro atoms. The van der Waals surface area contributed by atoms with Crippen molar-refractivity contribution < 1.29 is 14.7 Å². The first-order chi connectivity index (χ1) is 19.7. The zero-order chi connectivity index (χ0) is 28.9. The number of carbonyl (C=O) groups excluding carboxylic acids is 2. The van der Waals surface area contributed by atoms with E-state index in [9.17, 15) is 14.7 Å². The molecule has 5 rings (SSSR count). The van der Waals surface area contributed by atoms with E-state index in [-0.39, 0.29) is 17.2 Å². The lowest BCUT2D eigenvalue weighted by atomic mass is 10.1. The summed E-state index contributed by atoms with van der Waals surface area (Å²) in [4.78, 5) is 39.1. The summed E-state index contributed by atoms with van der Waals surface area (Å²) in [6, 6.07) is 18.0. The number of likely N-dealkylation sites (N-methyl/N-ethyl adjacent to an activating group) is 1. The molecule has 4 N–H and O–H groups in total. The average Bonchev–Trinajstić information content (AvgIpc) is 2.97. The molecule has 1 saturated heterocycles. The second kappa shape index (κ2) is 12.5. The molecule has 210 valence electrons. The van der Waals surface area contributed by atoms with E-state index < -0.39 is 5.91 Å². The second-order valence-electron chi connectivity index (χ2n) is 9.86. The number of carbonyl (C=O) groups is 2. The van der Waals surface area contributed by atoms with Gasteiger partial charge in [0.15, 0.2) is 0 Å². The molecular weight excluding hydrogens is 633 g/mol. The van der Waals surface area contributed by atoms with Crippen LogP contribution >= 0.6 is 22.6 Å². The highest BCUT2D eigenvalue weighted by Crippen LogP contribution is 2.24. The van der Waals surface area contributed by atoms with E-state index in [0.717, 1.165) is 41.0 Å². The Bertz CT molecular complexity index is 1550. The Balaban J connectivity index is 1.20. The van der Waals surface area contributed by atoms with Gasteiger partial charge in [0.1, 0.15) is 5.75 Å². The number of anilines is 5.